The van der Waals surface area contributed by atoms with Crippen molar-refractivity contribution in [2.24, 2.45) is 11.1 Å². The Hall–Kier alpha value is -2.77. The van der Waals surface area contributed by atoms with Gasteiger partial charge in [-0.1, -0.05) is 23.4 Å². The van der Waals surface area contributed by atoms with Crippen LogP contribution in [0.2, 0.25) is 0 Å². The van der Waals surface area contributed by atoms with Gasteiger partial charge in [0.15, 0.2) is 5.84 Å². The van der Waals surface area contributed by atoms with Crippen LogP contribution in [0.4, 0.5) is 0 Å². The molecule has 166 valence electrons. The highest BCUT2D eigenvalue weighted by atomic mass is 32.1. The zero-order chi connectivity index (χ0) is 21.7. The third-order valence-electron chi connectivity index (χ3n) is 7.22. The molecule has 3 aromatic rings. The first kappa shape index (κ1) is 19.9. The maximum Gasteiger partial charge on any atom is 0.227 e. The van der Waals surface area contributed by atoms with Crippen molar-refractivity contribution < 1.29 is 14.3 Å². The molecule has 0 saturated carbocycles. The number of fused-ring (bicyclic) bond motifs is 3. The van der Waals surface area contributed by atoms with E-state index in [9.17, 15) is 0 Å². The van der Waals surface area contributed by atoms with Crippen molar-refractivity contribution in [1.29, 1.82) is 0 Å². The molecule has 7 heteroatoms. The van der Waals surface area contributed by atoms with Crippen molar-refractivity contribution in [3.8, 4) is 11.5 Å². The van der Waals surface area contributed by atoms with Crippen molar-refractivity contribution in [1.82, 2.24) is 9.80 Å². The third kappa shape index (κ3) is 2.98. The first-order chi connectivity index (χ1) is 15.7. The summed E-state index contributed by atoms with van der Waals surface area (Å²) in [5, 5.41) is 8.19. The van der Waals surface area contributed by atoms with Crippen molar-refractivity contribution in [2.45, 2.75) is 25.1 Å². The van der Waals surface area contributed by atoms with Crippen LogP contribution in [0, 0.1) is 5.92 Å². The summed E-state index contributed by atoms with van der Waals surface area (Å²) in [4.78, 5) is 11.3. The van der Waals surface area contributed by atoms with Crippen LogP contribution in [-0.2, 0) is 11.4 Å². The lowest BCUT2D eigenvalue weighted by atomic mass is 9.79. The molecule has 0 amide bonds. The summed E-state index contributed by atoms with van der Waals surface area (Å²) in [6.45, 7) is 3.84. The van der Waals surface area contributed by atoms with Gasteiger partial charge >= 0.3 is 0 Å². The van der Waals surface area contributed by atoms with Crippen LogP contribution in [0.25, 0.3) is 10.1 Å². The van der Waals surface area contributed by atoms with Gasteiger partial charge in [-0.3, -0.25) is 4.90 Å². The van der Waals surface area contributed by atoms with Crippen LogP contribution in [0.3, 0.4) is 0 Å². The van der Waals surface area contributed by atoms with E-state index in [2.05, 4.69) is 45.5 Å². The average Bonchev–Trinajstić information content (AvgIpc) is 3.42. The molecular weight excluding hydrogens is 422 g/mol. The van der Waals surface area contributed by atoms with Gasteiger partial charge in [-0.2, -0.15) is 0 Å². The molecule has 0 aliphatic carbocycles. The lowest BCUT2D eigenvalue weighted by Gasteiger charge is -2.53. The smallest absolute Gasteiger partial charge is 0.227 e. The Balaban J connectivity index is 1.44. The Morgan fingerprint density at radius 3 is 2.72 bits per heavy atom. The van der Waals surface area contributed by atoms with Crippen molar-refractivity contribution in [2.75, 3.05) is 33.9 Å². The first-order valence-corrected chi connectivity index (χ1v) is 12.0. The molecule has 7 rings (SSSR count). The molecule has 3 saturated heterocycles. The summed E-state index contributed by atoms with van der Waals surface area (Å²) >= 11 is 1.76. The SMILES string of the molecule is COc1ccc(CN2C(c3csc4ccccc34)=NOC23CN2CCC3CC2)c(OC)c1. The van der Waals surface area contributed by atoms with Crippen molar-refractivity contribution in [3.63, 3.8) is 0 Å². The number of thiophene rings is 1. The highest BCUT2D eigenvalue weighted by Crippen LogP contribution is 2.46. The molecule has 32 heavy (non-hydrogen) atoms. The van der Waals surface area contributed by atoms with E-state index in [1.54, 1.807) is 25.6 Å². The van der Waals surface area contributed by atoms with Crippen LogP contribution in [0.5, 0.6) is 11.5 Å². The zero-order valence-electron chi connectivity index (χ0n) is 18.4. The Morgan fingerprint density at radius 1 is 1.12 bits per heavy atom. The first-order valence-electron chi connectivity index (χ1n) is 11.2. The summed E-state index contributed by atoms with van der Waals surface area (Å²) in [5.41, 5.74) is 1.81. The summed E-state index contributed by atoms with van der Waals surface area (Å²) in [7, 11) is 3.39. The lowest BCUT2D eigenvalue weighted by Crippen LogP contribution is -2.66. The summed E-state index contributed by atoms with van der Waals surface area (Å²) in [5.74, 6) is 3.00. The number of methoxy groups -OCH3 is 2. The van der Waals surface area contributed by atoms with Crippen molar-refractivity contribution >= 4 is 27.3 Å². The minimum atomic E-state index is -0.431. The Bertz CT molecular complexity index is 1180. The number of hydrogen-bond donors (Lipinski definition) is 0. The molecule has 2 bridgehead atoms. The van der Waals surface area contributed by atoms with E-state index >= 15 is 0 Å². The van der Waals surface area contributed by atoms with Crippen LogP contribution < -0.4 is 9.47 Å². The fourth-order valence-corrected chi connectivity index (χ4v) is 6.45. The second-order valence-electron chi connectivity index (χ2n) is 8.81. The molecule has 0 N–H and O–H groups in total. The van der Waals surface area contributed by atoms with Crippen LogP contribution in [0.1, 0.15) is 24.0 Å². The molecule has 5 heterocycles. The molecule has 3 fully saturated rings. The molecule has 1 aromatic heterocycles. The highest BCUT2D eigenvalue weighted by molar-refractivity contribution is 7.17. The molecule has 1 unspecified atom stereocenters. The van der Waals surface area contributed by atoms with Crippen LogP contribution in [0.15, 0.2) is 53.0 Å². The van der Waals surface area contributed by atoms with Crippen LogP contribution >= 0.6 is 11.3 Å². The molecule has 1 atom stereocenters. The standard InChI is InChI=1S/C25H27N3O3S/c1-29-19-8-7-17(22(13-19)30-2)14-28-24(21-15-32-23-6-4-3-5-20(21)23)26-31-25(28)16-27-11-9-18(25)10-12-27/h3-8,13,15,18H,9-12,14,16H2,1-2H3. The molecule has 0 radical (unpaired) electrons. The van der Waals surface area contributed by atoms with E-state index < -0.39 is 5.72 Å². The number of hydrogen-bond acceptors (Lipinski definition) is 7. The summed E-state index contributed by atoms with van der Waals surface area (Å²) in [6.07, 6.45) is 2.28. The summed E-state index contributed by atoms with van der Waals surface area (Å²) < 4.78 is 12.4. The largest absolute Gasteiger partial charge is 0.497 e. The number of piperidine rings is 3. The van der Waals surface area contributed by atoms with E-state index in [0.717, 1.165) is 60.9 Å². The molecule has 2 aromatic carbocycles. The maximum absolute atomic E-state index is 6.42. The second kappa shape index (κ2) is 7.67. The van der Waals surface area contributed by atoms with Gasteiger partial charge in [-0.15, -0.1) is 11.3 Å². The minimum Gasteiger partial charge on any atom is -0.497 e. The number of benzene rings is 2. The minimum absolute atomic E-state index is 0.431. The predicted octanol–water partition coefficient (Wildman–Crippen LogP) is 4.53. The fraction of sp³-hybridized carbons (Fsp3) is 0.400. The van der Waals surface area contributed by atoms with Gasteiger partial charge in [0.25, 0.3) is 0 Å². The molecule has 1 spiro atoms. The van der Waals surface area contributed by atoms with Crippen molar-refractivity contribution in [3.05, 3.63) is 59.0 Å². The van der Waals surface area contributed by atoms with Gasteiger partial charge in [-0.25, -0.2) is 0 Å². The Morgan fingerprint density at radius 2 is 1.97 bits per heavy atom. The van der Waals surface area contributed by atoms with Gasteiger partial charge in [0, 0.05) is 38.6 Å². The van der Waals surface area contributed by atoms with E-state index in [-0.39, 0.29) is 0 Å². The lowest BCUT2D eigenvalue weighted by molar-refractivity contribution is -0.198. The maximum atomic E-state index is 6.42. The third-order valence-corrected chi connectivity index (χ3v) is 8.19. The van der Waals surface area contributed by atoms with Gasteiger partial charge in [-0.05, 0) is 44.1 Å². The van der Waals surface area contributed by atoms with Gasteiger partial charge in [0.05, 0.1) is 27.3 Å². The van der Waals surface area contributed by atoms with Crippen LogP contribution in [-0.4, -0.2) is 55.2 Å². The monoisotopic (exact) mass is 449 g/mol. The number of nitrogens with zero attached hydrogens (tertiary/aromatic N) is 3. The fourth-order valence-electron chi connectivity index (χ4n) is 5.51. The summed E-state index contributed by atoms with van der Waals surface area (Å²) in [6, 6.07) is 14.6. The van der Waals surface area contributed by atoms with Gasteiger partial charge in [0.1, 0.15) is 11.5 Å². The molecule has 6 nitrogen and oxygen atoms in total. The van der Waals surface area contributed by atoms with E-state index in [0.29, 0.717) is 12.5 Å². The number of rotatable bonds is 5. The number of ether oxygens (including phenoxy) is 2. The molecule has 4 aliphatic rings. The number of oxime groups is 1. The number of amidine groups is 1. The Labute approximate surface area is 192 Å². The molecule has 4 aliphatic heterocycles. The van der Waals surface area contributed by atoms with E-state index in [1.807, 2.05) is 12.1 Å². The normalized spacial score (nSPS) is 26.4. The predicted molar refractivity (Wildman–Crippen MR) is 126 cm³/mol. The Kier molecular flexibility index (Phi) is 4.77. The van der Waals surface area contributed by atoms with Gasteiger partial charge < -0.3 is 19.2 Å². The van der Waals surface area contributed by atoms with E-state index in [1.165, 1.54) is 10.1 Å². The average molecular weight is 450 g/mol. The van der Waals surface area contributed by atoms with Gasteiger partial charge in [0.2, 0.25) is 5.72 Å². The molecular formula is C25H27N3O3S. The second-order valence-corrected chi connectivity index (χ2v) is 9.72. The quantitative estimate of drug-likeness (QED) is 0.573. The topological polar surface area (TPSA) is 46.5 Å². The van der Waals surface area contributed by atoms with E-state index in [4.69, 9.17) is 19.5 Å². The highest BCUT2D eigenvalue weighted by Gasteiger charge is 2.57. The zero-order valence-corrected chi connectivity index (χ0v) is 19.2.